The summed E-state index contributed by atoms with van der Waals surface area (Å²) >= 11 is 0. The van der Waals surface area contributed by atoms with Crippen LogP contribution in [0.3, 0.4) is 0 Å². The van der Waals surface area contributed by atoms with Gasteiger partial charge in [0.2, 0.25) is 0 Å². The second kappa shape index (κ2) is 20.1. The molecule has 0 spiro atoms. The van der Waals surface area contributed by atoms with Crippen LogP contribution in [-0.4, -0.2) is 41.7 Å². The van der Waals surface area contributed by atoms with Crippen molar-refractivity contribution in [2.24, 2.45) is 9.98 Å². The molecule has 0 aromatic heterocycles. The fourth-order valence-electron chi connectivity index (χ4n) is 5.37. The average molecular weight is 788 g/mol. The molecule has 0 amide bonds. The molecule has 0 aliphatic rings. The molecule has 2 N–H and O–H groups in total. The Labute approximate surface area is 334 Å². The molecule has 10 heteroatoms. The quantitative estimate of drug-likeness (QED) is 0.158. The summed E-state index contributed by atoms with van der Waals surface area (Å²) in [6.45, 7) is 14.4. The number of carboxylic acids is 2. The van der Waals surface area contributed by atoms with Crippen LogP contribution in [0.2, 0.25) is 0 Å². The number of aromatic hydroxyl groups is 2. The summed E-state index contributed by atoms with van der Waals surface area (Å²) in [6, 6.07) is 33.7. The van der Waals surface area contributed by atoms with Gasteiger partial charge in [0.05, 0.1) is 18.5 Å². The van der Waals surface area contributed by atoms with Crippen LogP contribution in [-0.2, 0) is 37.2 Å². The molecule has 289 valence electrons. The zero-order chi connectivity index (χ0) is 40.2. The van der Waals surface area contributed by atoms with Crippen molar-refractivity contribution in [3.05, 3.63) is 125 Å². The van der Waals surface area contributed by atoms with Gasteiger partial charge in [-0.3, -0.25) is 9.98 Å². The van der Waals surface area contributed by atoms with E-state index in [-0.39, 0.29) is 39.1 Å². The molecule has 0 aliphatic heterocycles. The van der Waals surface area contributed by atoms with Crippen LogP contribution >= 0.6 is 0 Å². The van der Waals surface area contributed by atoms with Gasteiger partial charge in [-0.2, -0.15) is 0 Å². The van der Waals surface area contributed by atoms with Gasteiger partial charge in [-0.1, -0.05) is 102 Å². The van der Waals surface area contributed by atoms with Crippen molar-refractivity contribution in [2.75, 3.05) is 7.11 Å². The molecule has 0 fully saturated rings. The number of phenolic OH excluding ortho intramolecular Hbond substituents is 2. The van der Waals surface area contributed by atoms with E-state index in [2.05, 4.69) is 65.8 Å². The summed E-state index contributed by atoms with van der Waals surface area (Å²) in [4.78, 5) is 27.4. The predicted octanol–water partition coefficient (Wildman–Crippen LogP) is 8.05. The van der Waals surface area contributed by atoms with Gasteiger partial charge < -0.3 is 34.8 Å². The first-order valence-electron chi connectivity index (χ1n) is 17.3. The Morgan fingerprint density at radius 1 is 0.582 bits per heavy atom. The molecule has 0 unspecified atom stereocenters. The molecule has 0 saturated heterocycles. The standard InChI is InChI=1S/C41H42N2O3.2C2H4O2.Co/c1-40(2,3)34-22-29(27-14-10-8-11-15-27)20-31(38(34)44)25-42-36-19-18-33(46-7)24-37(36)43-26-32-21-30(28-16-12-9-13-17-28)23-35(39(32)45)41(4,5)6;2*1-2(3)4;/h8-26,44-45H,1-7H3;2*1H3,(H,3,4);/q;;;+2/p-2. The van der Waals surface area contributed by atoms with Gasteiger partial charge in [0.25, 0.3) is 0 Å². The first kappa shape index (κ1) is 45.4. The van der Waals surface area contributed by atoms with Crippen LogP contribution in [0.4, 0.5) is 11.4 Å². The number of phenols is 2. The minimum atomic E-state index is -1.08. The number of aliphatic carboxylic acids is 2. The van der Waals surface area contributed by atoms with E-state index in [1.807, 2.05) is 78.9 Å². The third kappa shape index (κ3) is 13.6. The number of nitrogens with zero attached hydrogens (tertiary/aromatic N) is 2. The van der Waals surface area contributed by atoms with Crippen LogP contribution in [0, 0.1) is 0 Å². The fraction of sp³-hybridized carbons (Fsp3) is 0.244. The molecule has 5 aromatic carbocycles. The molecular weight excluding hydrogens is 739 g/mol. The molecule has 0 bridgehead atoms. The van der Waals surface area contributed by atoms with E-state index in [0.29, 0.717) is 28.3 Å². The van der Waals surface area contributed by atoms with E-state index in [1.165, 1.54) is 0 Å². The zero-order valence-corrected chi connectivity index (χ0v) is 33.7. The number of hydrogen-bond acceptors (Lipinski definition) is 9. The van der Waals surface area contributed by atoms with Gasteiger partial charge in [-0.15, -0.1) is 0 Å². The number of ether oxygens (including phenoxy) is 1. The van der Waals surface area contributed by atoms with Crippen molar-refractivity contribution in [3.8, 4) is 39.5 Å². The van der Waals surface area contributed by atoms with Gasteiger partial charge >= 0.3 is 16.8 Å². The van der Waals surface area contributed by atoms with Crippen molar-refractivity contribution in [2.45, 2.75) is 66.2 Å². The van der Waals surface area contributed by atoms with E-state index in [9.17, 15) is 10.2 Å². The van der Waals surface area contributed by atoms with Crippen molar-refractivity contribution < 1.29 is 51.5 Å². The Hall–Kier alpha value is -5.71. The number of hydrogen-bond donors (Lipinski definition) is 2. The number of carbonyl (C=O) groups excluding carboxylic acids is 2. The van der Waals surface area contributed by atoms with Crippen LogP contribution in [0.15, 0.2) is 113 Å². The molecule has 55 heavy (non-hydrogen) atoms. The second-order valence-corrected chi connectivity index (χ2v) is 14.5. The molecule has 9 nitrogen and oxygen atoms in total. The van der Waals surface area contributed by atoms with Gasteiger partial charge in [0.15, 0.2) is 0 Å². The van der Waals surface area contributed by atoms with Crippen LogP contribution in [0.25, 0.3) is 22.3 Å². The molecule has 5 aromatic rings. The molecular formula is C45H48CoN2O7. The Bertz CT molecular complexity index is 2100. The van der Waals surface area contributed by atoms with Crippen molar-refractivity contribution in [1.82, 2.24) is 0 Å². The van der Waals surface area contributed by atoms with E-state index in [4.69, 9.17) is 34.5 Å². The van der Waals surface area contributed by atoms with Crippen LogP contribution in [0.5, 0.6) is 17.2 Å². The fourth-order valence-corrected chi connectivity index (χ4v) is 5.37. The third-order valence-corrected chi connectivity index (χ3v) is 7.98. The molecule has 5 rings (SSSR count). The predicted molar refractivity (Wildman–Crippen MR) is 213 cm³/mol. The third-order valence-electron chi connectivity index (χ3n) is 7.98. The van der Waals surface area contributed by atoms with Crippen LogP contribution in [0.1, 0.15) is 77.6 Å². The van der Waals surface area contributed by atoms with Gasteiger partial charge in [-0.05, 0) is 83.3 Å². The van der Waals surface area contributed by atoms with Gasteiger partial charge in [0.1, 0.15) is 17.2 Å². The Morgan fingerprint density at radius 3 is 1.29 bits per heavy atom. The van der Waals surface area contributed by atoms with E-state index in [1.54, 1.807) is 19.5 Å². The average Bonchev–Trinajstić information content (AvgIpc) is 3.10. The minimum Gasteiger partial charge on any atom is -0.550 e. The maximum Gasteiger partial charge on any atom is 2.00 e. The summed E-state index contributed by atoms with van der Waals surface area (Å²) in [6.07, 6.45) is 3.36. The monoisotopic (exact) mass is 787 g/mol. The summed E-state index contributed by atoms with van der Waals surface area (Å²) in [5.41, 5.74) is 7.59. The SMILES string of the molecule is CC(=O)[O-].CC(=O)[O-].COc1ccc(N=Cc2cc(-c3ccccc3)cc(C(C)(C)C)c2O)c(N=Cc2cc(-c3ccccc3)cc(C(C)(C)C)c2O)c1.[Co+2]. The summed E-state index contributed by atoms with van der Waals surface area (Å²) in [5.74, 6) is -1.14. The van der Waals surface area contributed by atoms with E-state index >= 15 is 0 Å². The van der Waals surface area contributed by atoms with Crippen molar-refractivity contribution in [1.29, 1.82) is 0 Å². The molecule has 0 aliphatic carbocycles. The molecule has 0 heterocycles. The van der Waals surface area contributed by atoms with E-state index in [0.717, 1.165) is 47.2 Å². The maximum atomic E-state index is 11.4. The first-order chi connectivity index (χ1) is 25.3. The molecule has 0 atom stereocenters. The summed E-state index contributed by atoms with van der Waals surface area (Å²) in [7, 11) is 1.61. The summed E-state index contributed by atoms with van der Waals surface area (Å²) in [5, 5.41) is 40.5. The topological polar surface area (TPSA) is 155 Å². The zero-order valence-electron chi connectivity index (χ0n) is 32.6. The van der Waals surface area contributed by atoms with Crippen molar-refractivity contribution in [3.63, 3.8) is 0 Å². The van der Waals surface area contributed by atoms with Gasteiger partial charge in [-0.25, -0.2) is 0 Å². The van der Waals surface area contributed by atoms with Crippen molar-refractivity contribution >= 4 is 35.7 Å². The van der Waals surface area contributed by atoms with Gasteiger partial charge in [0, 0.05) is 52.7 Å². The second-order valence-electron chi connectivity index (χ2n) is 14.5. The number of carbonyl (C=O) groups is 2. The first-order valence-corrected chi connectivity index (χ1v) is 17.3. The largest absolute Gasteiger partial charge is 2.00 e. The van der Waals surface area contributed by atoms with Crippen LogP contribution < -0.4 is 14.9 Å². The maximum absolute atomic E-state index is 11.4. The summed E-state index contributed by atoms with van der Waals surface area (Å²) < 4.78 is 5.51. The molecule has 1 radical (unpaired) electrons. The number of rotatable bonds is 7. The molecule has 0 saturated carbocycles. The minimum absolute atomic E-state index is 0. The normalized spacial score (nSPS) is 11.1. The number of benzene rings is 5. The Kier molecular flexibility index (Phi) is 16.6. The van der Waals surface area contributed by atoms with E-state index < -0.39 is 11.9 Å². The number of carboxylic acid groups (broad SMARTS) is 2. The Balaban J connectivity index is 0.00000106. The Morgan fingerprint density at radius 2 is 0.945 bits per heavy atom. The number of aliphatic imine (C=N–C) groups is 2. The smallest absolute Gasteiger partial charge is 0.550 e. The number of methoxy groups -OCH3 is 1.